The zero-order valence-electron chi connectivity index (χ0n) is 18.1. The molecule has 1 aromatic carbocycles. The highest BCUT2D eigenvalue weighted by Crippen LogP contribution is 2.32. The van der Waals surface area contributed by atoms with Crippen molar-refractivity contribution in [3.05, 3.63) is 18.2 Å². The van der Waals surface area contributed by atoms with Crippen LogP contribution in [0.3, 0.4) is 0 Å². The Kier molecular flexibility index (Phi) is 7.42. The molecular weight excluding hydrogens is 424 g/mol. The normalized spacial score (nSPS) is 22.0. The number of hydrogen-bond donors (Lipinski definition) is 1. The Hall–Kier alpha value is -2.33. The van der Waals surface area contributed by atoms with Gasteiger partial charge in [-0.1, -0.05) is 0 Å². The van der Waals surface area contributed by atoms with Gasteiger partial charge in [-0.3, -0.25) is 9.59 Å². The van der Waals surface area contributed by atoms with E-state index in [1.807, 2.05) is 13.8 Å². The van der Waals surface area contributed by atoms with Crippen molar-refractivity contribution in [3.63, 3.8) is 0 Å². The maximum atomic E-state index is 12.7. The summed E-state index contributed by atoms with van der Waals surface area (Å²) < 4.78 is 43.4. The van der Waals surface area contributed by atoms with Crippen molar-refractivity contribution in [2.24, 2.45) is 0 Å². The van der Waals surface area contributed by atoms with E-state index in [-0.39, 0.29) is 35.9 Å². The van der Waals surface area contributed by atoms with Gasteiger partial charge in [0, 0.05) is 24.7 Å². The summed E-state index contributed by atoms with van der Waals surface area (Å²) in [6.07, 6.45) is 1.83. The van der Waals surface area contributed by atoms with Gasteiger partial charge < -0.3 is 19.1 Å². The number of nitrogens with zero attached hydrogens (tertiary/aromatic N) is 1. The Morgan fingerprint density at radius 1 is 1.16 bits per heavy atom. The molecule has 1 aromatic rings. The standard InChI is InChI=1S/C21H30N2O7S/c1-14-5-4-6-15(2)23(14)21(25)16(3)30-20(24)9-10-22-31(26,27)17-7-8-18-19(13-17)29-12-11-28-18/h7-8,13-16,22H,4-6,9-12H2,1-3H3/t14-,15-,16-/m1/s1. The maximum Gasteiger partial charge on any atom is 0.307 e. The van der Waals surface area contributed by atoms with Gasteiger partial charge >= 0.3 is 5.97 Å². The van der Waals surface area contributed by atoms with Crippen molar-refractivity contribution in [1.29, 1.82) is 0 Å². The van der Waals surface area contributed by atoms with Crippen molar-refractivity contribution < 1.29 is 32.2 Å². The van der Waals surface area contributed by atoms with Crippen LogP contribution in [0.25, 0.3) is 0 Å². The molecule has 3 atom stereocenters. The Labute approximate surface area is 183 Å². The molecule has 2 aliphatic rings. The Balaban J connectivity index is 1.49. The lowest BCUT2D eigenvalue weighted by Crippen LogP contribution is -2.51. The van der Waals surface area contributed by atoms with Gasteiger partial charge in [-0.15, -0.1) is 0 Å². The number of carbonyl (C=O) groups is 2. The molecule has 1 fully saturated rings. The fraction of sp³-hybridized carbons (Fsp3) is 0.619. The van der Waals surface area contributed by atoms with E-state index >= 15 is 0 Å². The second-order valence-electron chi connectivity index (χ2n) is 7.96. The molecule has 1 amide bonds. The van der Waals surface area contributed by atoms with E-state index in [9.17, 15) is 18.0 Å². The number of rotatable bonds is 7. The van der Waals surface area contributed by atoms with Crippen LogP contribution in [0.1, 0.15) is 46.5 Å². The van der Waals surface area contributed by atoms with Crippen molar-refractivity contribution in [1.82, 2.24) is 9.62 Å². The number of nitrogens with one attached hydrogen (secondary N) is 1. The third-order valence-electron chi connectivity index (χ3n) is 5.55. The monoisotopic (exact) mass is 454 g/mol. The van der Waals surface area contributed by atoms with Crippen LogP contribution < -0.4 is 14.2 Å². The SMILES string of the molecule is C[C@@H]1CCC[C@@H](C)N1C(=O)[C@@H](C)OC(=O)CCNS(=O)(=O)c1ccc2c(c1)OCCO2. The van der Waals surface area contributed by atoms with Gasteiger partial charge in [-0.25, -0.2) is 13.1 Å². The average molecular weight is 455 g/mol. The summed E-state index contributed by atoms with van der Waals surface area (Å²) in [6.45, 7) is 6.15. The average Bonchev–Trinajstić information content (AvgIpc) is 2.73. The summed E-state index contributed by atoms with van der Waals surface area (Å²) >= 11 is 0. The first-order valence-electron chi connectivity index (χ1n) is 10.6. The fourth-order valence-corrected chi connectivity index (χ4v) is 4.98. The number of likely N-dealkylation sites (tertiary alicyclic amines) is 1. The van der Waals surface area contributed by atoms with Crippen molar-refractivity contribution in [2.75, 3.05) is 19.8 Å². The Morgan fingerprint density at radius 3 is 2.48 bits per heavy atom. The van der Waals surface area contributed by atoms with Crippen molar-refractivity contribution in [3.8, 4) is 11.5 Å². The van der Waals surface area contributed by atoms with Crippen LogP contribution >= 0.6 is 0 Å². The van der Waals surface area contributed by atoms with Crippen LogP contribution in [-0.4, -0.2) is 63.1 Å². The minimum absolute atomic E-state index is 0.0155. The van der Waals surface area contributed by atoms with Crippen LogP contribution in [0.15, 0.2) is 23.1 Å². The minimum atomic E-state index is -3.83. The molecule has 0 aliphatic carbocycles. The van der Waals surface area contributed by atoms with Crippen LogP contribution in [0.5, 0.6) is 11.5 Å². The molecule has 1 N–H and O–H groups in total. The lowest BCUT2D eigenvalue weighted by atomic mass is 9.97. The second-order valence-corrected chi connectivity index (χ2v) is 9.73. The highest BCUT2D eigenvalue weighted by molar-refractivity contribution is 7.89. The lowest BCUT2D eigenvalue weighted by molar-refractivity contribution is -0.162. The molecule has 0 saturated carbocycles. The van der Waals surface area contributed by atoms with E-state index in [0.29, 0.717) is 24.7 Å². The third-order valence-corrected chi connectivity index (χ3v) is 7.01. The smallest absolute Gasteiger partial charge is 0.307 e. The zero-order chi connectivity index (χ0) is 22.6. The topological polar surface area (TPSA) is 111 Å². The number of hydrogen-bond acceptors (Lipinski definition) is 7. The maximum absolute atomic E-state index is 12.7. The first kappa shape index (κ1) is 23.3. The third kappa shape index (κ3) is 5.68. The van der Waals surface area contributed by atoms with Crippen molar-refractivity contribution >= 4 is 21.9 Å². The predicted octanol–water partition coefficient (Wildman–Crippen LogP) is 1.85. The molecule has 3 rings (SSSR count). The molecule has 0 spiro atoms. The second kappa shape index (κ2) is 9.86. The highest BCUT2D eigenvalue weighted by atomic mass is 32.2. The fourth-order valence-electron chi connectivity index (χ4n) is 3.93. The predicted molar refractivity (Wildman–Crippen MR) is 112 cm³/mol. The van der Waals surface area contributed by atoms with E-state index in [2.05, 4.69) is 4.72 Å². The summed E-state index contributed by atoms with van der Waals surface area (Å²) in [5, 5.41) is 0. The molecule has 9 nitrogen and oxygen atoms in total. The first-order valence-corrected chi connectivity index (χ1v) is 12.1. The number of esters is 1. The summed E-state index contributed by atoms with van der Waals surface area (Å²) in [6, 6.07) is 4.55. The quantitative estimate of drug-likeness (QED) is 0.626. The Morgan fingerprint density at radius 2 is 1.81 bits per heavy atom. The van der Waals surface area contributed by atoms with E-state index in [1.165, 1.54) is 18.2 Å². The Bertz CT molecular complexity index is 908. The van der Waals surface area contributed by atoms with Crippen LogP contribution in [0.4, 0.5) is 0 Å². The van der Waals surface area contributed by atoms with E-state index < -0.39 is 22.1 Å². The van der Waals surface area contributed by atoms with Gasteiger partial charge in [0.2, 0.25) is 10.0 Å². The van der Waals surface area contributed by atoms with Gasteiger partial charge in [0.05, 0.1) is 11.3 Å². The van der Waals surface area contributed by atoms with Gasteiger partial charge in [0.25, 0.3) is 5.91 Å². The number of piperidine rings is 1. The van der Waals surface area contributed by atoms with E-state index in [0.717, 1.165) is 19.3 Å². The molecule has 2 heterocycles. The van der Waals surface area contributed by atoms with Gasteiger partial charge in [0.15, 0.2) is 17.6 Å². The largest absolute Gasteiger partial charge is 0.486 e. The molecule has 10 heteroatoms. The van der Waals surface area contributed by atoms with Crippen LogP contribution in [0, 0.1) is 0 Å². The molecule has 0 bridgehead atoms. The summed E-state index contributed by atoms with van der Waals surface area (Å²) in [5.41, 5.74) is 0. The summed E-state index contributed by atoms with van der Waals surface area (Å²) in [4.78, 5) is 26.7. The molecular formula is C21H30N2O7S. The summed E-state index contributed by atoms with van der Waals surface area (Å²) in [5.74, 6) is -0.000218. The lowest BCUT2D eigenvalue weighted by Gasteiger charge is -2.40. The highest BCUT2D eigenvalue weighted by Gasteiger charge is 2.33. The molecule has 0 unspecified atom stereocenters. The molecule has 0 aromatic heterocycles. The van der Waals surface area contributed by atoms with E-state index in [4.69, 9.17) is 14.2 Å². The van der Waals surface area contributed by atoms with Crippen LogP contribution in [-0.2, 0) is 24.3 Å². The number of fused-ring (bicyclic) bond motifs is 1. The first-order chi connectivity index (χ1) is 14.7. The number of carbonyl (C=O) groups excluding carboxylic acids is 2. The summed E-state index contributed by atoms with van der Waals surface area (Å²) in [7, 11) is -3.83. The minimum Gasteiger partial charge on any atom is -0.486 e. The number of ether oxygens (including phenoxy) is 3. The number of sulfonamides is 1. The van der Waals surface area contributed by atoms with Crippen LogP contribution in [0.2, 0.25) is 0 Å². The molecule has 0 radical (unpaired) electrons. The molecule has 2 aliphatic heterocycles. The molecule has 31 heavy (non-hydrogen) atoms. The van der Waals surface area contributed by atoms with Crippen molar-refractivity contribution in [2.45, 2.75) is 69.5 Å². The number of benzene rings is 1. The number of amides is 1. The zero-order valence-corrected chi connectivity index (χ0v) is 18.9. The van der Waals surface area contributed by atoms with Gasteiger partial charge in [0.1, 0.15) is 13.2 Å². The van der Waals surface area contributed by atoms with Gasteiger partial charge in [-0.05, 0) is 52.2 Å². The molecule has 172 valence electrons. The van der Waals surface area contributed by atoms with E-state index in [1.54, 1.807) is 11.8 Å². The van der Waals surface area contributed by atoms with Gasteiger partial charge in [-0.2, -0.15) is 0 Å². The molecule has 1 saturated heterocycles.